The Balaban J connectivity index is 1.98. The molecule has 21 heavy (non-hydrogen) atoms. The van der Waals surface area contributed by atoms with Crippen LogP contribution in [0, 0.1) is 5.92 Å². The van der Waals surface area contributed by atoms with Crippen molar-refractivity contribution in [1.82, 2.24) is 4.98 Å². The van der Waals surface area contributed by atoms with Crippen LogP contribution in [0.3, 0.4) is 0 Å². The summed E-state index contributed by atoms with van der Waals surface area (Å²) in [5.41, 5.74) is -0.301. The predicted octanol–water partition coefficient (Wildman–Crippen LogP) is 3.29. The van der Waals surface area contributed by atoms with Crippen molar-refractivity contribution in [2.75, 3.05) is 11.9 Å². The van der Waals surface area contributed by atoms with E-state index < -0.39 is 0 Å². The van der Waals surface area contributed by atoms with Gasteiger partial charge in [-0.05, 0) is 42.3 Å². The second kappa shape index (κ2) is 5.53. The molecule has 3 rings (SSSR count). The summed E-state index contributed by atoms with van der Waals surface area (Å²) in [6, 6.07) is 7.21. The van der Waals surface area contributed by atoms with Crippen molar-refractivity contribution in [1.29, 1.82) is 0 Å². The third-order valence-corrected chi connectivity index (χ3v) is 4.53. The van der Waals surface area contributed by atoms with Crippen LogP contribution >= 0.6 is 0 Å². The molecule has 0 bridgehead atoms. The molecular formula is C17H22N2O2. The molecule has 4 nitrogen and oxygen atoms in total. The highest BCUT2D eigenvalue weighted by Gasteiger charge is 2.34. The Bertz CT molecular complexity index is 644. The summed E-state index contributed by atoms with van der Waals surface area (Å²) in [4.78, 5) is 4.43. The first kappa shape index (κ1) is 14.1. The monoisotopic (exact) mass is 286 g/mol. The fraction of sp³-hybridized carbons (Fsp3) is 0.471. The maximum atomic E-state index is 9.91. The number of phenolic OH excluding ortho intramolecular Hbond substituents is 1. The zero-order valence-corrected chi connectivity index (χ0v) is 12.3. The molecule has 4 heteroatoms. The molecule has 1 aromatic carbocycles. The topological polar surface area (TPSA) is 65.4 Å². The van der Waals surface area contributed by atoms with Crippen molar-refractivity contribution in [2.45, 2.75) is 38.1 Å². The number of aromatic hydroxyl groups is 1. The van der Waals surface area contributed by atoms with Crippen LogP contribution in [0.15, 0.2) is 30.5 Å². The molecule has 0 amide bonds. The molecular weight excluding hydrogens is 264 g/mol. The van der Waals surface area contributed by atoms with Gasteiger partial charge in [-0.3, -0.25) is 0 Å². The van der Waals surface area contributed by atoms with Crippen LogP contribution in [0.1, 0.15) is 32.6 Å². The molecule has 1 aromatic heterocycles. The number of hydrogen-bond acceptors (Lipinski definition) is 4. The smallest absolute Gasteiger partial charge is 0.134 e. The lowest BCUT2D eigenvalue weighted by Gasteiger charge is -2.40. The van der Waals surface area contributed by atoms with E-state index in [0.29, 0.717) is 5.92 Å². The molecule has 112 valence electrons. The number of rotatable bonds is 3. The van der Waals surface area contributed by atoms with Crippen LogP contribution < -0.4 is 5.32 Å². The van der Waals surface area contributed by atoms with E-state index in [2.05, 4.69) is 17.2 Å². The number of fused-ring (bicyclic) bond motifs is 1. The van der Waals surface area contributed by atoms with E-state index in [-0.39, 0.29) is 17.9 Å². The number of nitrogens with zero attached hydrogens (tertiary/aromatic N) is 1. The summed E-state index contributed by atoms with van der Waals surface area (Å²) < 4.78 is 0. The fourth-order valence-electron chi connectivity index (χ4n) is 3.46. The molecule has 0 radical (unpaired) electrons. The molecule has 1 fully saturated rings. The van der Waals surface area contributed by atoms with Gasteiger partial charge in [0.15, 0.2) is 0 Å². The van der Waals surface area contributed by atoms with Gasteiger partial charge in [0.25, 0.3) is 0 Å². The van der Waals surface area contributed by atoms with Gasteiger partial charge >= 0.3 is 0 Å². The lowest BCUT2D eigenvalue weighted by atomic mass is 9.77. The molecule has 3 N–H and O–H groups in total. The minimum atomic E-state index is -0.301. The normalized spacial score (nSPS) is 25.9. The van der Waals surface area contributed by atoms with Gasteiger partial charge in [0.2, 0.25) is 0 Å². The van der Waals surface area contributed by atoms with Gasteiger partial charge in [-0.1, -0.05) is 25.8 Å². The van der Waals surface area contributed by atoms with Crippen molar-refractivity contribution in [3.63, 3.8) is 0 Å². The zero-order chi connectivity index (χ0) is 14.9. The van der Waals surface area contributed by atoms with Crippen molar-refractivity contribution < 1.29 is 10.2 Å². The SMILES string of the molecule is CC1CCCC(CO)(Nc2nccc3ccc(O)cc23)C1. The van der Waals surface area contributed by atoms with Crippen LogP contribution in [0.2, 0.25) is 0 Å². The first-order valence-electron chi connectivity index (χ1n) is 7.59. The van der Waals surface area contributed by atoms with E-state index in [1.807, 2.05) is 12.1 Å². The van der Waals surface area contributed by atoms with Crippen LogP contribution in [0.4, 0.5) is 5.82 Å². The molecule has 2 aromatic rings. The highest BCUT2D eigenvalue weighted by molar-refractivity contribution is 5.92. The zero-order valence-electron chi connectivity index (χ0n) is 12.3. The second-order valence-corrected chi connectivity index (χ2v) is 6.33. The molecule has 1 saturated carbocycles. The van der Waals surface area contributed by atoms with E-state index in [0.717, 1.165) is 35.9 Å². The minimum Gasteiger partial charge on any atom is -0.508 e. The van der Waals surface area contributed by atoms with Crippen molar-refractivity contribution in [3.05, 3.63) is 30.5 Å². The van der Waals surface area contributed by atoms with Gasteiger partial charge in [-0.15, -0.1) is 0 Å². The number of nitrogens with one attached hydrogen (secondary N) is 1. The number of benzene rings is 1. The number of hydrogen-bond donors (Lipinski definition) is 3. The van der Waals surface area contributed by atoms with Gasteiger partial charge in [-0.2, -0.15) is 0 Å². The van der Waals surface area contributed by atoms with Gasteiger partial charge in [0.1, 0.15) is 11.6 Å². The van der Waals surface area contributed by atoms with Crippen molar-refractivity contribution in [3.8, 4) is 5.75 Å². The van der Waals surface area contributed by atoms with Crippen LogP contribution in [0.5, 0.6) is 5.75 Å². The number of aromatic nitrogens is 1. The lowest BCUT2D eigenvalue weighted by molar-refractivity contribution is 0.149. The highest BCUT2D eigenvalue weighted by atomic mass is 16.3. The average Bonchev–Trinajstić information content (AvgIpc) is 2.48. The molecule has 2 atom stereocenters. The number of aliphatic hydroxyl groups excluding tert-OH is 1. The summed E-state index contributed by atoms with van der Waals surface area (Å²) in [5.74, 6) is 1.57. The molecule has 1 aliphatic carbocycles. The lowest BCUT2D eigenvalue weighted by Crippen LogP contribution is -2.46. The Morgan fingerprint density at radius 3 is 3.00 bits per heavy atom. The summed E-state index contributed by atoms with van der Waals surface area (Å²) >= 11 is 0. The summed E-state index contributed by atoms with van der Waals surface area (Å²) in [6.07, 6.45) is 5.99. The molecule has 0 spiro atoms. The quantitative estimate of drug-likeness (QED) is 0.810. The third kappa shape index (κ3) is 2.81. The van der Waals surface area contributed by atoms with Crippen LogP contribution in [-0.2, 0) is 0 Å². The summed E-state index contributed by atoms with van der Waals surface area (Å²) in [7, 11) is 0. The van der Waals surface area contributed by atoms with E-state index in [9.17, 15) is 10.2 Å². The molecule has 0 aliphatic heterocycles. The van der Waals surface area contributed by atoms with E-state index >= 15 is 0 Å². The van der Waals surface area contributed by atoms with Gasteiger partial charge in [0, 0.05) is 11.6 Å². The summed E-state index contributed by atoms with van der Waals surface area (Å²) in [6.45, 7) is 2.34. The predicted molar refractivity (Wildman–Crippen MR) is 84.5 cm³/mol. The number of aliphatic hydroxyl groups is 1. The summed E-state index contributed by atoms with van der Waals surface area (Å²) in [5, 5.41) is 25.0. The van der Waals surface area contributed by atoms with E-state index in [4.69, 9.17) is 0 Å². The van der Waals surface area contributed by atoms with E-state index in [1.165, 1.54) is 6.42 Å². The molecule has 1 aliphatic rings. The Morgan fingerprint density at radius 2 is 2.24 bits per heavy atom. The molecule has 0 saturated heterocycles. The molecule has 1 heterocycles. The van der Waals surface area contributed by atoms with Gasteiger partial charge in [-0.25, -0.2) is 4.98 Å². The number of phenols is 1. The second-order valence-electron chi connectivity index (χ2n) is 6.33. The van der Waals surface area contributed by atoms with Crippen molar-refractivity contribution >= 4 is 16.6 Å². The van der Waals surface area contributed by atoms with Crippen LogP contribution in [-0.4, -0.2) is 27.3 Å². The Morgan fingerprint density at radius 1 is 1.38 bits per heavy atom. The standard InChI is InChI=1S/C17H22N2O2/c1-12-3-2-7-17(10-12,11-20)19-16-15-9-14(21)5-4-13(15)6-8-18-16/h4-6,8-9,12,20-21H,2-3,7,10-11H2,1H3,(H,18,19). The maximum Gasteiger partial charge on any atom is 0.134 e. The molecule has 2 unspecified atom stereocenters. The average molecular weight is 286 g/mol. The van der Waals surface area contributed by atoms with Crippen molar-refractivity contribution in [2.24, 2.45) is 5.92 Å². The Labute approximate surface area is 124 Å². The highest BCUT2D eigenvalue weighted by Crippen LogP contribution is 2.36. The largest absolute Gasteiger partial charge is 0.508 e. The Kier molecular flexibility index (Phi) is 3.72. The third-order valence-electron chi connectivity index (χ3n) is 4.53. The first-order chi connectivity index (χ1) is 10.1. The van der Waals surface area contributed by atoms with Gasteiger partial charge < -0.3 is 15.5 Å². The Hall–Kier alpha value is -1.81. The first-order valence-corrected chi connectivity index (χ1v) is 7.59. The number of anilines is 1. The van der Waals surface area contributed by atoms with E-state index in [1.54, 1.807) is 18.3 Å². The maximum absolute atomic E-state index is 9.91. The fourth-order valence-corrected chi connectivity index (χ4v) is 3.46. The number of pyridine rings is 1. The van der Waals surface area contributed by atoms with Gasteiger partial charge in [0.05, 0.1) is 12.1 Å². The minimum absolute atomic E-state index is 0.105. The van der Waals surface area contributed by atoms with Crippen LogP contribution in [0.25, 0.3) is 10.8 Å².